The number of hydrogen-bond donors (Lipinski definition) is 2. The summed E-state index contributed by atoms with van der Waals surface area (Å²) in [5, 5.41) is 12.6. The van der Waals surface area contributed by atoms with Gasteiger partial charge in [-0.25, -0.2) is 4.79 Å². The van der Waals surface area contributed by atoms with Crippen LogP contribution in [-0.4, -0.2) is 54.2 Å². The Morgan fingerprint density at radius 2 is 2.17 bits per heavy atom. The third kappa shape index (κ3) is 4.56. The van der Waals surface area contributed by atoms with Crippen molar-refractivity contribution in [3.63, 3.8) is 0 Å². The quantitative estimate of drug-likeness (QED) is 0.473. The maximum absolute atomic E-state index is 12.4. The summed E-state index contributed by atoms with van der Waals surface area (Å²) in [6.45, 7) is 0.800. The van der Waals surface area contributed by atoms with Crippen LogP contribution in [0, 0.1) is 0 Å². The highest BCUT2D eigenvalue weighted by Gasteiger charge is 2.33. The molecule has 0 saturated carbocycles. The molecule has 24 heavy (non-hydrogen) atoms. The number of likely N-dealkylation sites (tertiary alicyclic amines) is 1. The number of carbonyl (C=O) groups is 2. The Kier molecular flexibility index (Phi) is 6.78. The molecule has 0 spiro atoms. The van der Waals surface area contributed by atoms with Crippen molar-refractivity contribution >= 4 is 23.5 Å². The first-order valence-corrected chi connectivity index (χ1v) is 8.22. The molecule has 1 aliphatic heterocycles. The maximum atomic E-state index is 12.4. The Labute approximate surface area is 146 Å². The standard InChI is InChI=1S/C17H21ClN2O4/c1-19-15(22)9-13-10-20(8-7-14(13)21)16(17(23)24-11-18)12-5-3-2-4-6-12/h2-6,9,14,16,21H,7-8,10-11H2,1H3,(H,19,22)/b13-9+. The summed E-state index contributed by atoms with van der Waals surface area (Å²) in [6.07, 6.45) is 1.12. The zero-order valence-corrected chi connectivity index (χ0v) is 14.2. The molecule has 2 N–H and O–H groups in total. The van der Waals surface area contributed by atoms with Crippen molar-refractivity contribution in [2.75, 3.05) is 26.2 Å². The van der Waals surface area contributed by atoms with Gasteiger partial charge in [0.2, 0.25) is 5.91 Å². The molecule has 0 bridgehead atoms. The number of aliphatic hydroxyl groups is 1. The number of ether oxygens (including phenoxy) is 1. The Bertz CT molecular complexity index is 606. The highest BCUT2D eigenvalue weighted by molar-refractivity contribution is 6.17. The van der Waals surface area contributed by atoms with Gasteiger partial charge >= 0.3 is 5.97 Å². The second-order valence-electron chi connectivity index (χ2n) is 5.49. The lowest BCUT2D eigenvalue weighted by Crippen LogP contribution is -2.43. The maximum Gasteiger partial charge on any atom is 0.329 e. The molecule has 1 amide bonds. The van der Waals surface area contributed by atoms with E-state index in [4.69, 9.17) is 16.3 Å². The van der Waals surface area contributed by atoms with Crippen molar-refractivity contribution < 1.29 is 19.4 Å². The van der Waals surface area contributed by atoms with E-state index in [1.165, 1.54) is 13.1 Å². The summed E-state index contributed by atoms with van der Waals surface area (Å²) < 4.78 is 5.00. The minimum absolute atomic E-state index is 0.223. The highest BCUT2D eigenvalue weighted by Crippen LogP contribution is 2.28. The monoisotopic (exact) mass is 352 g/mol. The van der Waals surface area contributed by atoms with Crippen molar-refractivity contribution in [3.05, 3.63) is 47.5 Å². The molecule has 1 aromatic rings. The number of halogens is 1. The summed E-state index contributed by atoms with van der Waals surface area (Å²) in [7, 11) is 1.52. The van der Waals surface area contributed by atoms with Crippen LogP contribution in [0.1, 0.15) is 18.0 Å². The van der Waals surface area contributed by atoms with Crippen molar-refractivity contribution in [2.24, 2.45) is 0 Å². The van der Waals surface area contributed by atoms with E-state index in [0.29, 0.717) is 25.1 Å². The number of alkyl halides is 1. The average Bonchev–Trinajstić information content (AvgIpc) is 2.59. The van der Waals surface area contributed by atoms with Gasteiger partial charge in [0.1, 0.15) is 6.04 Å². The number of esters is 1. The minimum atomic E-state index is -0.695. The molecule has 2 atom stereocenters. The van der Waals surface area contributed by atoms with Crippen LogP contribution in [0.3, 0.4) is 0 Å². The van der Waals surface area contributed by atoms with Gasteiger partial charge in [0, 0.05) is 26.2 Å². The van der Waals surface area contributed by atoms with Crippen LogP contribution in [0.25, 0.3) is 0 Å². The minimum Gasteiger partial charge on any atom is -0.448 e. The van der Waals surface area contributed by atoms with E-state index in [2.05, 4.69) is 5.32 Å². The molecule has 1 aliphatic rings. The summed E-state index contributed by atoms with van der Waals surface area (Å²) in [5.41, 5.74) is 1.35. The molecule has 1 aromatic carbocycles. The van der Waals surface area contributed by atoms with E-state index >= 15 is 0 Å². The largest absolute Gasteiger partial charge is 0.448 e. The first kappa shape index (κ1) is 18.4. The molecule has 0 aromatic heterocycles. The van der Waals surface area contributed by atoms with Crippen LogP contribution in [0.5, 0.6) is 0 Å². The van der Waals surface area contributed by atoms with Gasteiger partial charge in [-0.3, -0.25) is 9.69 Å². The Morgan fingerprint density at radius 3 is 2.79 bits per heavy atom. The van der Waals surface area contributed by atoms with E-state index in [1.807, 2.05) is 35.2 Å². The summed E-state index contributed by atoms with van der Waals surface area (Å²) in [6, 6.07) is 8.38. The predicted molar refractivity (Wildman–Crippen MR) is 90.3 cm³/mol. The number of aliphatic hydroxyl groups excluding tert-OH is 1. The van der Waals surface area contributed by atoms with Crippen molar-refractivity contribution in [3.8, 4) is 0 Å². The van der Waals surface area contributed by atoms with Gasteiger partial charge < -0.3 is 15.2 Å². The molecule has 2 rings (SSSR count). The van der Waals surface area contributed by atoms with Gasteiger partial charge in [-0.05, 0) is 17.6 Å². The first-order valence-electron chi connectivity index (χ1n) is 7.68. The Morgan fingerprint density at radius 1 is 1.46 bits per heavy atom. The number of rotatable bonds is 5. The number of piperidine rings is 1. The number of benzene rings is 1. The molecule has 7 heteroatoms. The molecule has 0 radical (unpaired) electrons. The molecule has 2 unspecified atom stereocenters. The number of carbonyl (C=O) groups excluding carboxylic acids is 2. The lowest BCUT2D eigenvalue weighted by atomic mass is 9.96. The Hall–Kier alpha value is -1.89. The van der Waals surface area contributed by atoms with E-state index in [9.17, 15) is 14.7 Å². The predicted octanol–water partition coefficient (Wildman–Crippen LogP) is 1.21. The summed E-state index contributed by atoms with van der Waals surface area (Å²) in [4.78, 5) is 25.9. The summed E-state index contributed by atoms with van der Waals surface area (Å²) >= 11 is 5.54. The van der Waals surface area contributed by atoms with E-state index < -0.39 is 18.1 Å². The number of nitrogens with one attached hydrogen (secondary N) is 1. The third-order valence-electron chi connectivity index (χ3n) is 3.97. The molecule has 6 nitrogen and oxygen atoms in total. The van der Waals surface area contributed by atoms with Crippen LogP contribution in [0.15, 0.2) is 42.0 Å². The summed E-state index contributed by atoms with van der Waals surface area (Å²) in [5.74, 6) is -0.739. The smallest absolute Gasteiger partial charge is 0.329 e. The van der Waals surface area contributed by atoms with E-state index in [-0.39, 0.29) is 12.0 Å². The molecule has 0 aliphatic carbocycles. The van der Waals surface area contributed by atoms with Crippen LogP contribution >= 0.6 is 11.6 Å². The Balaban J connectivity index is 2.27. The SMILES string of the molecule is CNC(=O)/C=C1\CN(C(C(=O)OCCl)c2ccccc2)CCC1O. The lowest BCUT2D eigenvalue weighted by Gasteiger charge is -2.36. The van der Waals surface area contributed by atoms with Gasteiger partial charge in [0.15, 0.2) is 6.07 Å². The second kappa shape index (κ2) is 8.82. The molecular formula is C17H21ClN2O4. The van der Waals surface area contributed by atoms with Gasteiger partial charge in [0.25, 0.3) is 0 Å². The molecule has 1 fully saturated rings. The van der Waals surface area contributed by atoms with Crippen LogP contribution in [0.2, 0.25) is 0 Å². The average molecular weight is 353 g/mol. The topological polar surface area (TPSA) is 78.9 Å². The molecular weight excluding hydrogens is 332 g/mol. The van der Waals surface area contributed by atoms with Gasteiger partial charge in [-0.1, -0.05) is 41.9 Å². The number of nitrogens with zero attached hydrogens (tertiary/aromatic N) is 1. The fourth-order valence-electron chi connectivity index (χ4n) is 2.76. The van der Waals surface area contributed by atoms with Gasteiger partial charge in [-0.15, -0.1) is 0 Å². The highest BCUT2D eigenvalue weighted by atomic mass is 35.5. The molecule has 1 heterocycles. The fraction of sp³-hybridized carbons (Fsp3) is 0.412. The third-order valence-corrected chi connectivity index (χ3v) is 4.08. The molecule has 1 saturated heterocycles. The second-order valence-corrected chi connectivity index (χ2v) is 5.71. The number of hydrogen-bond acceptors (Lipinski definition) is 5. The molecule has 130 valence electrons. The van der Waals surface area contributed by atoms with E-state index in [0.717, 1.165) is 5.56 Å². The first-order chi connectivity index (χ1) is 11.6. The van der Waals surface area contributed by atoms with Crippen molar-refractivity contribution in [1.29, 1.82) is 0 Å². The number of likely N-dealkylation sites (N-methyl/N-ethyl adjacent to an activating group) is 1. The van der Waals surface area contributed by atoms with Crippen LogP contribution < -0.4 is 5.32 Å². The van der Waals surface area contributed by atoms with Crippen molar-refractivity contribution in [1.82, 2.24) is 10.2 Å². The van der Waals surface area contributed by atoms with Crippen molar-refractivity contribution in [2.45, 2.75) is 18.6 Å². The zero-order chi connectivity index (χ0) is 17.5. The number of amides is 1. The van der Waals surface area contributed by atoms with Gasteiger partial charge in [0.05, 0.1) is 6.10 Å². The zero-order valence-electron chi connectivity index (χ0n) is 13.4. The lowest BCUT2D eigenvalue weighted by molar-refractivity contribution is -0.148. The fourth-order valence-corrected chi connectivity index (χ4v) is 2.87. The van der Waals surface area contributed by atoms with Gasteiger partial charge in [-0.2, -0.15) is 0 Å². The van der Waals surface area contributed by atoms with Crippen LogP contribution in [-0.2, 0) is 14.3 Å². The van der Waals surface area contributed by atoms with Crippen LogP contribution in [0.4, 0.5) is 0 Å². The van der Waals surface area contributed by atoms with E-state index in [1.54, 1.807) is 0 Å². The normalized spacial score (nSPS) is 21.3.